The normalized spacial score (nSPS) is 12.8. The summed E-state index contributed by atoms with van der Waals surface area (Å²) >= 11 is 0. The average molecular weight is 236 g/mol. The Labute approximate surface area is 105 Å². The minimum absolute atomic E-state index is 0.0662. The van der Waals surface area contributed by atoms with Crippen LogP contribution in [-0.4, -0.2) is 18.3 Å². The Morgan fingerprint density at radius 2 is 1.88 bits per heavy atom. The summed E-state index contributed by atoms with van der Waals surface area (Å²) < 4.78 is 5.53. The molecule has 17 heavy (non-hydrogen) atoms. The standard InChI is InChI=1S/C15H24O2/c1-12(2)13(3)8-9-14-6-4-5-7-15(14)17-11-10-16/h4-7,12-13,16H,8-11H2,1-3H3. The van der Waals surface area contributed by atoms with Gasteiger partial charge in [0.25, 0.3) is 0 Å². The smallest absolute Gasteiger partial charge is 0.122 e. The number of ether oxygens (including phenoxy) is 1. The lowest BCUT2D eigenvalue weighted by Crippen LogP contribution is -2.07. The van der Waals surface area contributed by atoms with Crippen LogP contribution in [0.5, 0.6) is 5.75 Å². The summed E-state index contributed by atoms with van der Waals surface area (Å²) in [6, 6.07) is 8.11. The number of benzene rings is 1. The predicted octanol–water partition coefficient (Wildman–Crippen LogP) is 3.28. The number of rotatable bonds is 7. The molecule has 0 bridgehead atoms. The van der Waals surface area contributed by atoms with Gasteiger partial charge in [0.05, 0.1) is 6.61 Å². The third-order valence-electron chi connectivity index (χ3n) is 3.33. The zero-order valence-corrected chi connectivity index (χ0v) is 11.1. The molecular weight excluding hydrogens is 212 g/mol. The molecule has 1 aromatic carbocycles. The fraction of sp³-hybridized carbons (Fsp3) is 0.600. The van der Waals surface area contributed by atoms with Gasteiger partial charge in [-0.3, -0.25) is 0 Å². The van der Waals surface area contributed by atoms with E-state index >= 15 is 0 Å². The van der Waals surface area contributed by atoms with Gasteiger partial charge in [0, 0.05) is 0 Å². The van der Waals surface area contributed by atoms with Crippen molar-refractivity contribution in [1.82, 2.24) is 0 Å². The van der Waals surface area contributed by atoms with Crippen molar-refractivity contribution in [2.75, 3.05) is 13.2 Å². The van der Waals surface area contributed by atoms with E-state index in [-0.39, 0.29) is 6.61 Å². The molecule has 1 aromatic rings. The largest absolute Gasteiger partial charge is 0.491 e. The van der Waals surface area contributed by atoms with Crippen LogP contribution in [0.15, 0.2) is 24.3 Å². The molecule has 0 radical (unpaired) electrons. The van der Waals surface area contributed by atoms with Gasteiger partial charge in [0.2, 0.25) is 0 Å². The van der Waals surface area contributed by atoms with Crippen LogP contribution in [0.25, 0.3) is 0 Å². The van der Waals surface area contributed by atoms with Crippen molar-refractivity contribution >= 4 is 0 Å². The first kappa shape index (κ1) is 14.0. The summed E-state index contributed by atoms with van der Waals surface area (Å²) in [5.74, 6) is 2.36. The van der Waals surface area contributed by atoms with Crippen molar-refractivity contribution in [3.8, 4) is 5.75 Å². The fourth-order valence-corrected chi connectivity index (χ4v) is 1.72. The number of aryl methyl sites for hydroxylation is 1. The third-order valence-corrected chi connectivity index (χ3v) is 3.33. The summed E-state index contributed by atoms with van der Waals surface area (Å²) in [5, 5.41) is 8.78. The highest BCUT2D eigenvalue weighted by Gasteiger charge is 2.09. The summed E-state index contributed by atoms with van der Waals surface area (Å²) in [7, 11) is 0. The Hall–Kier alpha value is -1.02. The van der Waals surface area contributed by atoms with Crippen molar-refractivity contribution in [1.29, 1.82) is 0 Å². The first-order valence-corrected chi connectivity index (χ1v) is 6.46. The number of aliphatic hydroxyl groups excluding tert-OH is 1. The summed E-state index contributed by atoms with van der Waals surface area (Å²) in [5.41, 5.74) is 1.24. The van der Waals surface area contributed by atoms with Gasteiger partial charge in [-0.2, -0.15) is 0 Å². The Bertz CT molecular complexity index is 320. The van der Waals surface area contributed by atoms with Crippen LogP contribution in [0.3, 0.4) is 0 Å². The van der Waals surface area contributed by atoms with E-state index in [1.165, 1.54) is 12.0 Å². The van der Waals surface area contributed by atoms with E-state index < -0.39 is 0 Å². The number of para-hydroxylation sites is 1. The molecule has 0 fully saturated rings. The molecule has 0 aliphatic heterocycles. The minimum Gasteiger partial charge on any atom is -0.491 e. The van der Waals surface area contributed by atoms with Crippen LogP contribution in [0, 0.1) is 11.8 Å². The second-order valence-electron chi connectivity index (χ2n) is 4.94. The molecule has 96 valence electrons. The van der Waals surface area contributed by atoms with Gasteiger partial charge < -0.3 is 9.84 Å². The monoisotopic (exact) mass is 236 g/mol. The SMILES string of the molecule is CC(C)C(C)CCc1ccccc1OCCO. The summed E-state index contributed by atoms with van der Waals surface area (Å²) in [6.07, 6.45) is 2.22. The Morgan fingerprint density at radius 1 is 1.18 bits per heavy atom. The van der Waals surface area contributed by atoms with Crippen molar-refractivity contribution < 1.29 is 9.84 Å². The van der Waals surface area contributed by atoms with E-state index in [1.54, 1.807) is 0 Å². The van der Waals surface area contributed by atoms with E-state index in [1.807, 2.05) is 18.2 Å². The third kappa shape index (κ3) is 4.78. The molecule has 0 spiro atoms. The first-order valence-electron chi connectivity index (χ1n) is 6.46. The van der Waals surface area contributed by atoms with Crippen molar-refractivity contribution in [3.05, 3.63) is 29.8 Å². The van der Waals surface area contributed by atoms with Crippen LogP contribution in [0.4, 0.5) is 0 Å². The lowest BCUT2D eigenvalue weighted by Gasteiger charge is -2.16. The highest BCUT2D eigenvalue weighted by atomic mass is 16.5. The Morgan fingerprint density at radius 3 is 2.53 bits per heavy atom. The molecular formula is C15H24O2. The summed E-state index contributed by atoms with van der Waals surface area (Å²) in [6.45, 7) is 7.26. The second kappa shape index (κ2) is 7.33. The van der Waals surface area contributed by atoms with Gasteiger partial charge in [0.1, 0.15) is 12.4 Å². The van der Waals surface area contributed by atoms with Crippen LogP contribution in [-0.2, 0) is 6.42 Å². The predicted molar refractivity (Wildman–Crippen MR) is 71.3 cm³/mol. The molecule has 0 saturated carbocycles. The van der Waals surface area contributed by atoms with Gasteiger partial charge in [-0.1, -0.05) is 39.0 Å². The van der Waals surface area contributed by atoms with Gasteiger partial charge in [-0.15, -0.1) is 0 Å². The molecule has 0 amide bonds. The first-order chi connectivity index (χ1) is 8.15. The van der Waals surface area contributed by atoms with Gasteiger partial charge in [-0.25, -0.2) is 0 Å². The molecule has 1 rings (SSSR count). The molecule has 1 N–H and O–H groups in total. The molecule has 0 aliphatic rings. The Balaban J connectivity index is 2.57. The van der Waals surface area contributed by atoms with Gasteiger partial charge in [0.15, 0.2) is 0 Å². The van der Waals surface area contributed by atoms with E-state index in [2.05, 4.69) is 26.8 Å². The van der Waals surface area contributed by atoms with Gasteiger partial charge >= 0.3 is 0 Å². The molecule has 0 heterocycles. The topological polar surface area (TPSA) is 29.5 Å². The quantitative estimate of drug-likeness (QED) is 0.787. The fourth-order valence-electron chi connectivity index (χ4n) is 1.72. The number of hydrogen-bond acceptors (Lipinski definition) is 2. The lowest BCUT2D eigenvalue weighted by atomic mass is 9.91. The van der Waals surface area contributed by atoms with E-state index in [0.717, 1.165) is 24.0 Å². The van der Waals surface area contributed by atoms with Crippen LogP contribution >= 0.6 is 0 Å². The van der Waals surface area contributed by atoms with Crippen LogP contribution in [0.1, 0.15) is 32.8 Å². The Kier molecular flexibility index (Phi) is 6.06. The molecule has 0 aromatic heterocycles. The molecule has 1 atom stereocenters. The van der Waals surface area contributed by atoms with E-state index in [4.69, 9.17) is 9.84 Å². The highest BCUT2D eigenvalue weighted by molar-refractivity contribution is 5.33. The highest BCUT2D eigenvalue weighted by Crippen LogP contribution is 2.23. The second-order valence-corrected chi connectivity index (χ2v) is 4.94. The van der Waals surface area contributed by atoms with Crippen molar-refractivity contribution in [3.63, 3.8) is 0 Å². The molecule has 2 heteroatoms. The zero-order chi connectivity index (χ0) is 12.7. The molecule has 0 saturated heterocycles. The maximum Gasteiger partial charge on any atom is 0.122 e. The van der Waals surface area contributed by atoms with E-state index in [9.17, 15) is 0 Å². The van der Waals surface area contributed by atoms with Crippen LogP contribution < -0.4 is 4.74 Å². The molecule has 0 aliphatic carbocycles. The molecule has 1 unspecified atom stereocenters. The maximum absolute atomic E-state index is 8.78. The van der Waals surface area contributed by atoms with Crippen molar-refractivity contribution in [2.24, 2.45) is 11.8 Å². The molecule has 2 nitrogen and oxygen atoms in total. The summed E-state index contributed by atoms with van der Waals surface area (Å²) in [4.78, 5) is 0. The number of hydrogen-bond donors (Lipinski definition) is 1. The lowest BCUT2D eigenvalue weighted by molar-refractivity contribution is 0.200. The van der Waals surface area contributed by atoms with Crippen LogP contribution in [0.2, 0.25) is 0 Å². The van der Waals surface area contributed by atoms with Crippen molar-refractivity contribution in [2.45, 2.75) is 33.6 Å². The van der Waals surface area contributed by atoms with E-state index in [0.29, 0.717) is 6.61 Å². The zero-order valence-electron chi connectivity index (χ0n) is 11.1. The minimum atomic E-state index is 0.0662. The maximum atomic E-state index is 8.78. The number of aliphatic hydroxyl groups is 1. The average Bonchev–Trinajstić information content (AvgIpc) is 2.34. The van der Waals surface area contributed by atoms with Gasteiger partial charge in [-0.05, 0) is 36.3 Å².